The maximum atomic E-state index is 12.7. The first kappa shape index (κ1) is 26.2. The monoisotopic (exact) mass is 538 g/mol. The minimum Gasteiger partial charge on any atom is -0.481 e. The molecule has 0 spiro atoms. The first-order chi connectivity index (χ1) is 18.0. The van der Waals surface area contributed by atoms with Crippen LogP contribution in [0.5, 0.6) is 0 Å². The average molecular weight is 539 g/mol. The third-order valence-electron chi connectivity index (χ3n) is 11.6. The zero-order chi connectivity index (χ0) is 26.9. The number of carboxylic acids is 1. The number of nitrogens with zero attached hydrogens (tertiary/aromatic N) is 2. The zero-order valence-corrected chi connectivity index (χ0v) is 23.8. The molecule has 0 amide bonds. The summed E-state index contributed by atoms with van der Waals surface area (Å²) in [6.07, 6.45) is 18.6. The van der Waals surface area contributed by atoms with Crippen LogP contribution >= 0.6 is 0 Å². The van der Waals surface area contributed by atoms with Crippen LogP contribution in [0.4, 0.5) is 0 Å². The van der Waals surface area contributed by atoms with E-state index in [1.807, 2.05) is 18.5 Å². The van der Waals surface area contributed by atoms with Crippen LogP contribution in [-0.2, 0) is 14.8 Å². The molecule has 0 bridgehead atoms. The van der Waals surface area contributed by atoms with Gasteiger partial charge in [-0.15, -0.1) is 0 Å². The van der Waals surface area contributed by atoms with Gasteiger partial charge in [0.2, 0.25) is 10.0 Å². The van der Waals surface area contributed by atoms with E-state index in [0.29, 0.717) is 37.1 Å². The first-order valence-electron chi connectivity index (χ1n) is 14.5. The number of sulfonamides is 1. The Labute approximate surface area is 227 Å². The number of allylic oxidation sites excluding steroid dienone is 4. The van der Waals surface area contributed by atoms with Crippen molar-refractivity contribution in [1.82, 2.24) is 9.29 Å². The van der Waals surface area contributed by atoms with Crippen LogP contribution < -0.4 is 0 Å². The van der Waals surface area contributed by atoms with Gasteiger partial charge < -0.3 is 5.11 Å². The second-order valence-electron chi connectivity index (χ2n) is 13.3. The van der Waals surface area contributed by atoms with Crippen LogP contribution in [0, 0.1) is 40.4 Å². The minimum absolute atomic E-state index is 0.161. The van der Waals surface area contributed by atoms with E-state index in [2.05, 4.69) is 37.0 Å². The molecule has 3 fully saturated rings. The average Bonchev–Trinajstić information content (AvgIpc) is 3.25. The standard InChI is InChI=1S/C31H42N2O4S/c1-30-13-10-20(28-18-21(29(34)35)12-16-33(28)38(3,36)37)17-23(30)6-7-24-26-9-8-25(22-5-4-15-32-19-22)31(26,2)14-11-27(24)30/h4-6,8,15,19-21,24,26-28H,7,9-14,16-18H2,1-3H3,(H,34,35)/t20-,21?,24-,26-,27-,28?,30-,31+/m0/s1. The number of rotatable bonds is 4. The molecule has 2 heterocycles. The molecular weight excluding hydrogens is 496 g/mol. The number of aromatic nitrogens is 1. The first-order valence-corrected chi connectivity index (χ1v) is 16.4. The van der Waals surface area contributed by atoms with Gasteiger partial charge in [-0.25, -0.2) is 8.42 Å². The summed E-state index contributed by atoms with van der Waals surface area (Å²) in [7, 11) is -3.37. The lowest BCUT2D eigenvalue weighted by Gasteiger charge is -2.58. The summed E-state index contributed by atoms with van der Waals surface area (Å²) in [6, 6.07) is 4.04. The van der Waals surface area contributed by atoms with E-state index in [-0.39, 0.29) is 22.8 Å². The second-order valence-corrected chi connectivity index (χ2v) is 15.2. The third-order valence-corrected chi connectivity index (χ3v) is 12.9. The quantitative estimate of drug-likeness (QED) is 0.491. The van der Waals surface area contributed by atoms with Crippen LogP contribution in [0.1, 0.15) is 77.2 Å². The number of piperidine rings is 1. The smallest absolute Gasteiger partial charge is 0.306 e. The van der Waals surface area contributed by atoms with E-state index in [4.69, 9.17) is 0 Å². The summed E-state index contributed by atoms with van der Waals surface area (Å²) in [6.45, 7) is 5.29. The SMILES string of the molecule is C[C@]12CC[C@H](C3CC(C(=O)O)CCN3S(C)(=O)=O)CC1=CC[C@@H]1[C@@H]2CC[C@]2(C)C(c3cccnc3)=CC[C@@H]12. The Morgan fingerprint density at radius 3 is 2.58 bits per heavy atom. The Kier molecular flexibility index (Phi) is 6.42. The lowest BCUT2D eigenvalue weighted by molar-refractivity contribution is -0.144. The number of aliphatic carboxylic acids is 1. The maximum Gasteiger partial charge on any atom is 0.306 e. The fourth-order valence-electron chi connectivity index (χ4n) is 9.59. The molecule has 6 rings (SSSR count). The Hall–Kier alpha value is -1.99. The number of fused-ring (bicyclic) bond motifs is 5. The van der Waals surface area contributed by atoms with Gasteiger partial charge in [-0.3, -0.25) is 9.78 Å². The normalized spacial score (nSPS) is 41.3. The van der Waals surface area contributed by atoms with E-state index >= 15 is 0 Å². The van der Waals surface area contributed by atoms with Gasteiger partial charge in [-0.2, -0.15) is 4.31 Å². The van der Waals surface area contributed by atoms with Crippen LogP contribution in [0.3, 0.4) is 0 Å². The van der Waals surface area contributed by atoms with Crippen LogP contribution in [0.2, 0.25) is 0 Å². The van der Waals surface area contributed by atoms with Crippen LogP contribution in [0.25, 0.3) is 5.57 Å². The molecule has 2 saturated carbocycles. The number of carbonyl (C=O) groups is 1. The van der Waals surface area contributed by atoms with Crippen molar-refractivity contribution in [2.75, 3.05) is 12.8 Å². The lowest BCUT2D eigenvalue weighted by atomic mass is 9.46. The molecule has 4 aliphatic carbocycles. The van der Waals surface area contributed by atoms with E-state index < -0.39 is 21.9 Å². The van der Waals surface area contributed by atoms with Gasteiger partial charge in [0, 0.05) is 25.0 Å². The van der Waals surface area contributed by atoms with Crippen LogP contribution in [-0.4, -0.2) is 47.6 Å². The highest BCUT2D eigenvalue weighted by molar-refractivity contribution is 7.88. The van der Waals surface area contributed by atoms with Crippen molar-refractivity contribution in [2.24, 2.45) is 40.4 Å². The molecule has 6 nitrogen and oxygen atoms in total. The van der Waals surface area contributed by atoms with Gasteiger partial charge >= 0.3 is 5.97 Å². The van der Waals surface area contributed by atoms with E-state index in [1.54, 1.807) is 4.31 Å². The van der Waals surface area contributed by atoms with Crippen molar-refractivity contribution in [3.63, 3.8) is 0 Å². The molecule has 5 aliphatic rings. The number of hydrogen-bond acceptors (Lipinski definition) is 4. The molecule has 206 valence electrons. The molecule has 0 radical (unpaired) electrons. The third kappa shape index (κ3) is 4.11. The molecule has 1 aliphatic heterocycles. The highest BCUT2D eigenvalue weighted by Crippen LogP contribution is 2.66. The van der Waals surface area contributed by atoms with Gasteiger partial charge in [0.25, 0.3) is 0 Å². The summed E-state index contributed by atoms with van der Waals surface area (Å²) in [5.41, 5.74) is 4.64. The molecule has 0 aromatic carbocycles. The summed E-state index contributed by atoms with van der Waals surface area (Å²) in [5, 5.41) is 9.70. The van der Waals surface area contributed by atoms with Crippen molar-refractivity contribution < 1.29 is 18.3 Å². The summed E-state index contributed by atoms with van der Waals surface area (Å²) < 4.78 is 27.0. The molecule has 1 aromatic heterocycles. The van der Waals surface area contributed by atoms with Gasteiger partial charge in [-0.1, -0.05) is 37.6 Å². The molecule has 1 N–H and O–H groups in total. The highest BCUT2D eigenvalue weighted by Gasteiger charge is 2.57. The van der Waals surface area contributed by atoms with E-state index in [0.717, 1.165) is 32.1 Å². The highest BCUT2D eigenvalue weighted by atomic mass is 32.2. The molecule has 7 heteroatoms. The minimum atomic E-state index is -3.37. The van der Waals surface area contributed by atoms with Gasteiger partial charge in [-0.05, 0) is 109 Å². The van der Waals surface area contributed by atoms with Crippen LogP contribution in [0.15, 0.2) is 42.3 Å². The lowest BCUT2D eigenvalue weighted by Crippen LogP contribution is -2.53. The maximum absolute atomic E-state index is 12.7. The van der Waals surface area contributed by atoms with Gasteiger partial charge in [0.15, 0.2) is 0 Å². The molecule has 1 aromatic rings. The fraction of sp³-hybridized carbons (Fsp3) is 0.677. The summed E-state index contributed by atoms with van der Waals surface area (Å²) in [5.74, 6) is 0.942. The topological polar surface area (TPSA) is 87.6 Å². The molecule has 8 atom stereocenters. The Morgan fingerprint density at radius 1 is 1.08 bits per heavy atom. The van der Waals surface area contributed by atoms with Gasteiger partial charge in [0.1, 0.15) is 0 Å². The van der Waals surface area contributed by atoms with Crippen molar-refractivity contribution in [1.29, 1.82) is 0 Å². The second kappa shape index (κ2) is 9.29. The number of pyridine rings is 1. The zero-order valence-electron chi connectivity index (χ0n) is 23.0. The predicted octanol–water partition coefficient (Wildman–Crippen LogP) is 5.78. The van der Waals surface area contributed by atoms with Crippen molar-refractivity contribution in [3.05, 3.63) is 47.8 Å². The van der Waals surface area contributed by atoms with E-state index in [9.17, 15) is 18.3 Å². The van der Waals surface area contributed by atoms with Crippen molar-refractivity contribution >= 4 is 21.6 Å². The number of carboxylic acid groups (broad SMARTS) is 1. The van der Waals surface area contributed by atoms with Crippen molar-refractivity contribution in [3.8, 4) is 0 Å². The molecule has 2 unspecified atom stereocenters. The summed E-state index contributed by atoms with van der Waals surface area (Å²) in [4.78, 5) is 16.2. The number of hydrogen-bond donors (Lipinski definition) is 1. The Bertz CT molecular complexity index is 1270. The Balaban J connectivity index is 1.24. The Morgan fingerprint density at radius 2 is 1.87 bits per heavy atom. The van der Waals surface area contributed by atoms with E-state index in [1.165, 1.54) is 35.8 Å². The molecule has 1 saturated heterocycles. The molecule has 38 heavy (non-hydrogen) atoms. The summed E-state index contributed by atoms with van der Waals surface area (Å²) >= 11 is 0. The molecular formula is C31H42N2O4S. The van der Waals surface area contributed by atoms with Crippen molar-refractivity contribution in [2.45, 2.75) is 77.7 Å². The van der Waals surface area contributed by atoms with Gasteiger partial charge in [0.05, 0.1) is 12.2 Å². The predicted molar refractivity (Wildman–Crippen MR) is 148 cm³/mol. The fourth-order valence-corrected chi connectivity index (χ4v) is 10.8. The largest absolute Gasteiger partial charge is 0.481 e.